The Labute approximate surface area is 138 Å². The summed E-state index contributed by atoms with van der Waals surface area (Å²) in [4.78, 5) is 12.3. The molecule has 5 aliphatic rings. The lowest BCUT2D eigenvalue weighted by molar-refractivity contribution is -0.125. The van der Waals surface area contributed by atoms with Crippen LogP contribution in [0.5, 0.6) is 0 Å². The highest BCUT2D eigenvalue weighted by Crippen LogP contribution is 2.53. The molecule has 0 aromatic heterocycles. The Bertz CT molecular complexity index is 358. The van der Waals surface area contributed by atoms with Crippen LogP contribution < -0.4 is 10.6 Å². The van der Waals surface area contributed by atoms with Gasteiger partial charge in [-0.25, -0.2) is 0 Å². The van der Waals surface area contributed by atoms with Crippen molar-refractivity contribution in [3.05, 3.63) is 0 Å². The lowest BCUT2D eigenvalue weighted by Gasteiger charge is -2.54. The number of rotatable bonds is 3. The van der Waals surface area contributed by atoms with Crippen molar-refractivity contribution >= 4 is 30.1 Å². The van der Waals surface area contributed by atoms with Crippen molar-refractivity contribution in [3.8, 4) is 0 Å². The van der Waals surface area contributed by atoms with Gasteiger partial charge in [0, 0.05) is 36.6 Å². The van der Waals surface area contributed by atoms with Crippen molar-refractivity contribution in [2.24, 2.45) is 23.7 Å². The largest absolute Gasteiger partial charge is 0.353 e. The van der Waals surface area contributed by atoms with Crippen molar-refractivity contribution in [1.82, 2.24) is 10.6 Å². The number of hydrogen-bond donors (Lipinski definition) is 2. The summed E-state index contributed by atoms with van der Waals surface area (Å²) in [5, 5.41) is 6.89. The molecule has 0 radical (unpaired) electrons. The molecule has 5 rings (SSSR count). The first-order valence-electron chi connectivity index (χ1n) is 8.38. The Balaban J connectivity index is 0.00000132. The highest BCUT2D eigenvalue weighted by Gasteiger charge is 2.48. The number of amides is 1. The fourth-order valence-corrected chi connectivity index (χ4v) is 6.33. The van der Waals surface area contributed by atoms with Crippen molar-refractivity contribution < 1.29 is 4.79 Å². The summed E-state index contributed by atoms with van der Waals surface area (Å²) < 4.78 is 0. The standard InChI is InChI=1S/C16H26N2OS.ClH/c19-15(8-14-9-20-2-1-17-14)18-16-12-4-10-3-11(6-12)7-13(16)5-10;/h10-14,16-17H,1-9H2,(H,18,19);1H. The minimum Gasteiger partial charge on any atom is -0.353 e. The first-order valence-corrected chi connectivity index (χ1v) is 9.54. The molecular weight excluding hydrogens is 304 g/mol. The van der Waals surface area contributed by atoms with E-state index in [4.69, 9.17) is 0 Å². The number of hydrogen-bond acceptors (Lipinski definition) is 3. The summed E-state index contributed by atoms with van der Waals surface area (Å²) >= 11 is 1.97. The predicted molar refractivity (Wildman–Crippen MR) is 90.0 cm³/mol. The number of nitrogens with one attached hydrogen (secondary N) is 2. The van der Waals surface area contributed by atoms with Gasteiger partial charge in [0.05, 0.1) is 0 Å². The van der Waals surface area contributed by atoms with Gasteiger partial charge in [-0.15, -0.1) is 12.4 Å². The molecule has 1 aliphatic heterocycles. The van der Waals surface area contributed by atoms with E-state index in [0.717, 1.165) is 36.0 Å². The lowest BCUT2D eigenvalue weighted by atomic mass is 9.54. The molecular formula is C16H27ClN2OS. The molecule has 1 heterocycles. The molecule has 1 saturated heterocycles. The zero-order chi connectivity index (χ0) is 13.5. The van der Waals surface area contributed by atoms with Crippen LogP contribution in [0.2, 0.25) is 0 Å². The van der Waals surface area contributed by atoms with E-state index in [1.165, 1.54) is 37.9 Å². The highest BCUT2D eigenvalue weighted by molar-refractivity contribution is 7.99. The van der Waals surface area contributed by atoms with Crippen LogP contribution >= 0.6 is 24.2 Å². The quantitative estimate of drug-likeness (QED) is 0.835. The predicted octanol–water partition coefficient (Wildman–Crippen LogP) is 2.44. The molecule has 5 fully saturated rings. The molecule has 4 saturated carbocycles. The van der Waals surface area contributed by atoms with Crippen LogP contribution in [0.1, 0.15) is 38.5 Å². The zero-order valence-corrected chi connectivity index (χ0v) is 14.2. The minimum atomic E-state index is 0. The normalized spacial score (nSPS) is 44.2. The minimum absolute atomic E-state index is 0. The Morgan fingerprint density at radius 3 is 2.33 bits per heavy atom. The van der Waals surface area contributed by atoms with E-state index in [0.29, 0.717) is 24.4 Å². The van der Waals surface area contributed by atoms with Gasteiger partial charge in [-0.2, -0.15) is 11.8 Å². The molecule has 0 aromatic rings. The molecule has 2 N–H and O–H groups in total. The maximum Gasteiger partial charge on any atom is 0.221 e. The summed E-state index contributed by atoms with van der Waals surface area (Å²) in [6.07, 6.45) is 7.70. The number of carbonyl (C=O) groups excluding carboxylic acids is 1. The maximum absolute atomic E-state index is 12.3. The third kappa shape index (κ3) is 3.37. The second-order valence-corrected chi connectivity index (χ2v) is 8.60. The first kappa shape index (κ1) is 15.9. The number of halogens is 1. The van der Waals surface area contributed by atoms with E-state index in [-0.39, 0.29) is 12.4 Å². The molecule has 1 unspecified atom stereocenters. The van der Waals surface area contributed by atoms with Crippen LogP contribution in [-0.4, -0.2) is 36.0 Å². The van der Waals surface area contributed by atoms with Crippen molar-refractivity contribution in [1.29, 1.82) is 0 Å². The summed E-state index contributed by atoms with van der Waals surface area (Å²) in [6, 6.07) is 0.900. The average molecular weight is 331 g/mol. The van der Waals surface area contributed by atoms with Gasteiger partial charge in [-0.05, 0) is 55.8 Å². The first-order chi connectivity index (χ1) is 9.78. The Morgan fingerprint density at radius 2 is 1.76 bits per heavy atom. The Morgan fingerprint density at radius 1 is 1.10 bits per heavy atom. The number of thioether (sulfide) groups is 1. The third-order valence-corrected chi connectivity index (χ3v) is 7.12. The van der Waals surface area contributed by atoms with Gasteiger partial charge in [0.15, 0.2) is 0 Å². The fraction of sp³-hybridized carbons (Fsp3) is 0.938. The van der Waals surface area contributed by atoms with Gasteiger partial charge >= 0.3 is 0 Å². The molecule has 1 amide bonds. The maximum atomic E-state index is 12.3. The smallest absolute Gasteiger partial charge is 0.221 e. The molecule has 1 atom stereocenters. The second kappa shape index (κ2) is 6.67. The van der Waals surface area contributed by atoms with Crippen LogP contribution in [0.4, 0.5) is 0 Å². The zero-order valence-electron chi connectivity index (χ0n) is 12.6. The molecule has 5 heteroatoms. The molecule has 0 spiro atoms. The van der Waals surface area contributed by atoms with Gasteiger partial charge in [-0.3, -0.25) is 4.79 Å². The van der Waals surface area contributed by atoms with E-state index < -0.39 is 0 Å². The monoisotopic (exact) mass is 330 g/mol. The van der Waals surface area contributed by atoms with Gasteiger partial charge < -0.3 is 10.6 Å². The summed E-state index contributed by atoms with van der Waals surface area (Å²) in [7, 11) is 0. The fourth-order valence-electron chi connectivity index (χ4n) is 5.38. The highest BCUT2D eigenvalue weighted by atomic mass is 35.5. The van der Waals surface area contributed by atoms with Gasteiger partial charge in [-0.1, -0.05) is 0 Å². The topological polar surface area (TPSA) is 41.1 Å². The number of carbonyl (C=O) groups is 1. The summed E-state index contributed by atoms with van der Waals surface area (Å²) in [5.41, 5.74) is 0. The third-order valence-electron chi connectivity index (χ3n) is 5.98. The molecule has 120 valence electrons. The van der Waals surface area contributed by atoms with E-state index in [1.54, 1.807) is 0 Å². The van der Waals surface area contributed by atoms with Gasteiger partial charge in [0.2, 0.25) is 5.91 Å². The van der Waals surface area contributed by atoms with Crippen LogP contribution in [0.3, 0.4) is 0 Å². The molecule has 0 aromatic carbocycles. The SMILES string of the molecule is Cl.O=C(CC1CSCCN1)NC1C2CC3CC(C2)CC1C3. The van der Waals surface area contributed by atoms with Crippen LogP contribution in [-0.2, 0) is 4.79 Å². The van der Waals surface area contributed by atoms with E-state index >= 15 is 0 Å². The van der Waals surface area contributed by atoms with E-state index in [9.17, 15) is 4.79 Å². The van der Waals surface area contributed by atoms with Crippen LogP contribution in [0.15, 0.2) is 0 Å². The van der Waals surface area contributed by atoms with Crippen molar-refractivity contribution in [3.63, 3.8) is 0 Å². The van der Waals surface area contributed by atoms with Crippen LogP contribution in [0.25, 0.3) is 0 Å². The molecule has 3 nitrogen and oxygen atoms in total. The summed E-state index contributed by atoms with van der Waals surface area (Å²) in [6.45, 7) is 1.06. The molecule has 4 bridgehead atoms. The Kier molecular flexibility index (Phi) is 5.07. The van der Waals surface area contributed by atoms with Crippen molar-refractivity contribution in [2.75, 3.05) is 18.1 Å². The average Bonchev–Trinajstić information content (AvgIpc) is 2.43. The molecule has 4 aliphatic carbocycles. The second-order valence-electron chi connectivity index (χ2n) is 7.45. The lowest BCUT2D eigenvalue weighted by Crippen LogP contribution is -2.56. The Hall–Kier alpha value is 0.0700. The van der Waals surface area contributed by atoms with Gasteiger partial charge in [0.25, 0.3) is 0 Å². The van der Waals surface area contributed by atoms with E-state index in [1.807, 2.05) is 11.8 Å². The molecule has 21 heavy (non-hydrogen) atoms. The van der Waals surface area contributed by atoms with Gasteiger partial charge in [0.1, 0.15) is 0 Å². The summed E-state index contributed by atoms with van der Waals surface area (Å²) in [5.74, 6) is 6.14. The van der Waals surface area contributed by atoms with Crippen LogP contribution in [0, 0.1) is 23.7 Å². The van der Waals surface area contributed by atoms with Crippen molar-refractivity contribution in [2.45, 2.75) is 50.6 Å². The van der Waals surface area contributed by atoms with E-state index in [2.05, 4.69) is 10.6 Å².